The van der Waals surface area contributed by atoms with Crippen LogP contribution in [0.1, 0.15) is 10.5 Å². The average molecular weight is 297 g/mol. The van der Waals surface area contributed by atoms with E-state index in [1.54, 1.807) is 0 Å². The molecule has 0 atom stereocenters. The number of rotatable bonds is 3. The second-order valence-corrected chi connectivity index (χ2v) is 5.28. The Balaban J connectivity index is 2.72. The molecular weight excluding hydrogens is 286 g/mol. The van der Waals surface area contributed by atoms with E-state index in [-0.39, 0.29) is 16.8 Å². The molecule has 3 N–H and O–H groups in total. The summed E-state index contributed by atoms with van der Waals surface area (Å²) in [4.78, 5) is 25.2. The molecule has 106 valence electrons. The Morgan fingerprint density at radius 1 is 1.35 bits per heavy atom. The van der Waals surface area contributed by atoms with Crippen LogP contribution in [0.15, 0.2) is 35.4 Å². The molecule has 2 aromatic rings. The molecule has 0 aliphatic carbocycles. The molecule has 0 unspecified atom stereocenters. The quantitative estimate of drug-likeness (QED) is 0.751. The van der Waals surface area contributed by atoms with Crippen LogP contribution in [0.5, 0.6) is 0 Å². The highest BCUT2D eigenvalue weighted by atomic mass is 32.2. The number of ether oxygens (including phenoxy) is 1. The van der Waals surface area contributed by atoms with Crippen molar-refractivity contribution in [3.8, 4) is 11.1 Å². The van der Waals surface area contributed by atoms with Gasteiger partial charge in [-0.3, -0.25) is 4.79 Å². The predicted octanol–water partition coefficient (Wildman–Crippen LogP) is -0.318. The molecule has 0 aromatic carbocycles. The average Bonchev–Trinajstić information content (AvgIpc) is 2.83. The van der Waals surface area contributed by atoms with E-state index in [4.69, 9.17) is 5.14 Å². The van der Waals surface area contributed by atoms with Crippen LogP contribution in [-0.4, -0.2) is 30.5 Å². The molecule has 0 saturated heterocycles. The molecule has 2 rings (SSSR count). The summed E-state index contributed by atoms with van der Waals surface area (Å²) in [6, 6.07) is 4.10. The normalized spacial score (nSPS) is 11.3. The lowest BCUT2D eigenvalue weighted by atomic mass is 10.1. The van der Waals surface area contributed by atoms with Crippen LogP contribution in [0.3, 0.4) is 0 Å². The van der Waals surface area contributed by atoms with Gasteiger partial charge >= 0.3 is 16.2 Å². The summed E-state index contributed by atoms with van der Waals surface area (Å²) in [6.07, 6.45) is 2.50. The maximum absolute atomic E-state index is 11.8. The minimum Gasteiger partial charge on any atom is -0.464 e. The third kappa shape index (κ3) is 2.49. The van der Waals surface area contributed by atoms with Gasteiger partial charge in [0.15, 0.2) is 5.69 Å². The monoisotopic (exact) mass is 297 g/mol. The van der Waals surface area contributed by atoms with E-state index in [9.17, 15) is 18.0 Å². The molecule has 0 saturated carbocycles. The van der Waals surface area contributed by atoms with Crippen molar-refractivity contribution < 1.29 is 17.9 Å². The van der Waals surface area contributed by atoms with Gasteiger partial charge in [-0.05, 0) is 12.1 Å². The zero-order valence-corrected chi connectivity index (χ0v) is 11.2. The number of esters is 1. The van der Waals surface area contributed by atoms with Crippen LogP contribution < -0.4 is 10.7 Å². The lowest BCUT2D eigenvalue weighted by Crippen LogP contribution is -2.25. The van der Waals surface area contributed by atoms with Gasteiger partial charge in [0, 0.05) is 29.6 Å². The van der Waals surface area contributed by atoms with Gasteiger partial charge in [-0.25, -0.2) is 13.9 Å². The van der Waals surface area contributed by atoms with Crippen molar-refractivity contribution in [1.82, 2.24) is 8.96 Å². The zero-order valence-electron chi connectivity index (χ0n) is 10.4. The Kier molecular flexibility index (Phi) is 3.47. The molecule has 0 aliphatic heterocycles. The highest BCUT2D eigenvalue weighted by Crippen LogP contribution is 2.25. The molecule has 0 bridgehead atoms. The van der Waals surface area contributed by atoms with E-state index in [1.807, 2.05) is 0 Å². The second kappa shape index (κ2) is 4.94. The number of nitrogens with one attached hydrogen (secondary N) is 1. The number of methoxy groups -OCH3 is 1. The van der Waals surface area contributed by atoms with E-state index in [1.165, 1.54) is 24.4 Å². The van der Waals surface area contributed by atoms with Gasteiger partial charge in [0.1, 0.15) is 0 Å². The smallest absolute Gasteiger partial charge is 0.356 e. The SMILES string of the molecule is COC(=O)c1c(-c2ccc(=O)[nH]c2)ccn1S(N)(=O)=O. The fraction of sp³-hybridized carbons (Fsp3) is 0.0909. The van der Waals surface area contributed by atoms with Crippen molar-refractivity contribution in [2.24, 2.45) is 5.14 Å². The maximum Gasteiger partial charge on any atom is 0.356 e. The van der Waals surface area contributed by atoms with E-state index in [0.29, 0.717) is 9.54 Å². The Morgan fingerprint density at radius 2 is 2.05 bits per heavy atom. The Hall–Kier alpha value is -2.39. The van der Waals surface area contributed by atoms with E-state index >= 15 is 0 Å². The summed E-state index contributed by atoms with van der Waals surface area (Å²) in [7, 11) is -3.02. The second-order valence-electron chi connectivity index (χ2n) is 3.85. The van der Waals surface area contributed by atoms with Crippen molar-refractivity contribution in [3.05, 3.63) is 46.6 Å². The minimum atomic E-state index is -4.14. The molecule has 8 nitrogen and oxygen atoms in total. The predicted molar refractivity (Wildman–Crippen MR) is 70.3 cm³/mol. The number of hydrogen-bond acceptors (Lipinski definition) is 5. The third-order valence-electron chi connectivity index (χ3n) is 2.60. The molecule has 0 fully saturated rings. The van der Waals surface area contributed by atoms with Gasteiger partial charge in [-0.15, -0.1) is 0 Å². The standard InChI is InChI=1S/C11H11N3O5S/c1-19-11(16)10-8(4-5-14(10)20(12,17)18)7-2-3-9(15)13-6-7/h2-6H,1H3,(H,13,15)(H2,12,17,18). The first-order valence-corrected chi connectivity index (χ1v) is 6.87. The van der Waals surface area contributed by atoms with Crippen molar-refractivity contribution in [2.75, 3.05) is 7.11 Å². The molecule has 20 heavy (non-hydrogen) atoms. The Bertz CT molecular complexity index is 798. The van der Waals surface area contributed by atoms with E-state index < -0.39 is 16.2 Å². The Morgan fingerprint density at radius 3 is 2.55 bits per heavy atom. The number of nitrogens with zero attached hydrogens (tertiary/aromatic N) is 1. The fourth-order valence-electron chi connectivity index (χ4n) is 1.73. The van der Waals surface area contributed by atoms with Crippen LogP contribution in [-0.2, 0) is 14.9 Å². The van der Waals surface area contributed by atoms with Crippen LogP contribution in [0.2, 0.25) is 0 Å². The number of aromatic amines is 1. The maximum atomic E-state index is 11.8. The summed E-state index contributed by atoms with van der Waals surface area (Å²) < 4.78 is 28.1. The van der Waals surface area contributed by atoms with Gasteiger partial charge in [-0.2, -0.15) is 8.42 Å². The fourth-order valence-corrected chi connectivity index (χ4v) is 2.39. The van der Waals surface area contributed by atoms with Gasteiger partial charge in [0.2, 0.25) is 5.56 Å². The molecule has 0 amide bonds. The number of hydrogen-bond donors (Lipinski definition) is 2. The minimum absolute atomic E-state index is 0.234. The van der Waals surface area contributed by atoms with Crippen LogP contribution in [0.4, 0.5) is 0 Å². The van der Waals surface area contributed by atoms with Crippen molar-refractivity contribution in [1.29, 1.82) is 0 Å². The van der Waals surface area contributed by atoms with Crippen molar-refractivity contribution in [2.45, 2.75) is 0 Å². The summed E-state index contributed by atoms with van der Waals surface area (Å²) in [5.74, 6) is -0.856. The van der Waals surface area contributed by atoms with Crippen LogP contribution >= 0.6 is 0 Å². The molecule has 2 aromatic heterocycles. The first-order valence-electron chi connectivity index (χ1n) is 5.36. The van der Waals surface area contributed by atoms with Crippen molar-refractivity contribution >= 4 is 16.2 Å². The molecule has 0 aliphatic rings. The lowest BCUT2D eigenvalue weighted by molar-refractivity contribution is 0.0593. The van der Waals surface area contributed by atoms with Crippen LogP contribution in [0.25, 0.3) is 11.1 Å². The number of H-pyrrole nitrogens is 1. The van der Waals surface area contributed by atoms with Gasteiger partial charge < -0.3 is 9.72 Å². The number of carbonyl (C=O) groups excluding carboxylic acids is 1. The Labute approximate surface area is 114 Å². The van der Waals surface area contributed by atoms with E-state index in [2.05, 4.69) is 9.72 Å². The molecular formula is C11H11N3O5S. The van der Waals surface area contributed by atoms with Gasteiger partial charge in [-0.1, -0.05) is 0 Å². The van der Waals surface area contributed by atoms with Gasteiger partial charge in [0.25, 0.3) is 0 Å². The first kappa shape index (κ1) is 14.0. The van der Waals surface area contributed by atoms with Crippen molar-refractivity contribution in [3.63, 3.8) is 0 Å². The number of pyridine rings is 1. The van der Waals surface area contributed by atoms with Crippen LogP contribution in [0, 0.1) is 0 Å². The topological polar surface area (TPSA) is 124 Å². The highest BCUT2D eigenvalue weighted by Gasteiger charge is 2.23. The molecule has 2 heterocycles. The molecule has 9 heteroatoms. The largest absolute Gasteiger partial charge is 0.464 e. The summed E-state index contributed by atoms with van der Waals surface area (Å²) in [5, 5.41) is 5.04. The lowest BCUT2D eigenvalue weighted by Gasteiger charge is -2.07. The molecule has 0 radical (unpaired) electrons. The summed E-state index contributed by atoms with van der Waals surface area (Å²) in [5.41, 5.74) is 0.177. The number of carbonyl (C=O) groups is 1. The highest BCUT2D eigenvalue weighted by molar-refractivity contribution is 7.87. The number of nitrogens with two attached hydrogens (primary N) is 1. The number of aromatic nitrogens is 2. The molecule has 0 spiro atoms. The summed E-state index contributed by atoms with van der Waals surface area (Å²) >= 11 is 0. The first-order chi connectivity index (χ1) is 9.34. The summed E-state index contributed by atoms with van der Waals surface area (Å²) in [6.45, 7) is 0. The van der Waals surface area contributed by atoms with E-state index in [0.717, 1.165) is 13.3 Å². The third-order valence-corrected chi connectivity index (χ3v) is 3.45. The zero-order chi connectivity index (χ0) is 14.9. The van der Waals surface area contributed by atoms with Gasteiger partial charge in [0.05, 0.1) is 7.11 Å².